The van der Waals surface area contributed by atoms with Gasteiger partial charge in [0, 0.05) is 6.42 Å². The van der Waals surface area contributed by atoms with Gasteiger partial charge in [0.2, 0.25) is 0 Å². The number of benzene rings is 1. The largest absolute Gasteiger partial charge is 0.493 e. The van der Waals surface area contributed by atoms with E-state index in [1.54, 1.807) is 0 Å². The number of aliphatic carboxylic acids is 1. The molecule has 0 unspecified atom stereocenters. The number of rotatable bonds is 5. The zero-order valence-electron chi connectivity index (χ0n) is 8.83. The molecule has 0 heterocycles. The quantitative estimate of drug-likeness (QED) is 0.815. The molecule has 1 aromatic carbocycles. The lowest BCUT2D eigenvalue weighted by Crippen LogP contribution is -2.09. The van der Waals surface area contributed by atoms with Crippen molar-refractivity contribution in [2.75, 3.05) is 6.61 Å². The molecule has 1 aromatic rings. The SMILES string of the molecule is O=C(O)CCCOc1ccccc1C(F)(F)F. The number of carboxylic acid groups (broad SMARTS) is 1. The summed E-state index contributed by atoms with van der Waals surface area (Å²) in [6.07, 6.45) is -4.43. The maximum Gasteiger partial charge on any atom is 0.419 e. The van der Waals surface area contributed by atoms with Crippen LogP contribution in [0, 0.1) is 0 Å². The average Bonchev–Trinajstić information content (AvgIpc) is 2.23. The van der Waals surface area contributed by atoms with Crippen LogP contribution in [0.25, 0.3) is 0 Å². The maximum absolute atomic E-state index is 12.5. The number of para-hydroxylation sites is 1. The van der Waals surface area contributed by atoms with E-state index in [9.17, 15) is 18.0 Å². The van der Waals surface area contributed by atoms with Gasteiger partial charge in [-0.15, -0.1) is 0 Å². The first-order valence-electron chi connectivity index (χ1n) is 4.92. The molecule has 1 N–H and O–H groups in total. The third-order valence-electron chi connectivity index (χ3n) is 1.99. The molecule has 0 aliphatic heterocycles. The summed E-state index contributed by atoms with van der Waals surface area (Å²) in [5, 5.41) is 8.36. The Kier molecular flexibility index (Phi) is 4.37. The van der Waals surface area contributed by atoms with Gasteiger partial charge in [0.15, 0.2) is 0 Å². The van der Waals surface area contributed by atoms with Crippen LogP contribution in [0.4, 0.5) is 13.2 Å². The number of carbonyl (C=O) groups is 1. The topological polar surface area (TPSA) is 46.5 Å². The smallest absolute Gasteiger partial charge is 0.419 e. The second-order valence-corrected chi connectivity index (χ2v) is 3.34. The van der Waals surface area contributed by atoms with Gasteiger partial charge < -0.3 is 9.84 Å². The van der Waals surface area contributed by atoms with Gasteiger partial charge in [0.1, 0.15) is 5.75 Å². The van der Waals surface area contributed by atoms with Gasteiger partial charge in [-0.2, -0.15) is 13.2 Å². The molecule has 0 saturated carbocycles. The molecule has 0 atom stereocenters. The molecule has 94 valence electrons. The monoisotopic (exact) mass is 248 g/mol. The molecule has 1 rings (SSSR count). The number of hydrogen-bond acceptors (Lipinski definition) is 2. The van der Waals surface area contributed by atoms with Gasteiger partial charge in [-0.3, -0.25) is 4.79 Å². The second-order valence-electron chi connectivity index (χ2n) is 3.34. The summed E-state index contributed by atoms with van der Waals surface area (Å²) in [6, 6.07) is 4.84. The van der Waals surface area contributed by atoms with Gasteiger partial charge in [-0.25, -0.2) is 0 Å². The standard InChI is InChI=1S/C11H11F3O3/c12-11(13,14)8-4-1-2-5-9(8)17-7-3-6-10(15)16/h1-2,4-5H,3,6-7H2,(H,15,16). The predicted octanol–water partition coefficient (Wildman–Crippen LogP) is 2.95. The van der Waals surface area contributed by atoms with Crippen LogP contribution >= 0.6 is 0 Å². The molecule has 0 aromatic heterocycles. The minimum absolute atomic E-state index is 0.0562. The summed E-state index contributed by atoms with van der Waals surface area (Å²) in [5.74, 6) is -1.27. The van der Waals surface area contributed by atoms with Gasteiger partial charge in [0.05, 0.1) is 12.2 Å². The highest BCUT2D eigenvalue weighted by atomic mass is 19.4. The molecule has 0 amide bonds. The minimum Gasteiger partial charge on any atom is -0.493 e. The van der Waals surface area contributed by atoms with Crippen molar-refractivity contribution in [3.63, 3.8) is 0 Å². The Labute approximate surface area is 95.8 Å². The van der Waals surface area contributed by atoms with E-state index in [1.165, 1.54) is 18.2 Å². The first-order chi connectivity index (χ1) is 7.91. The Morgan fingerprint density at radius 1 is 1.29 bits per heavy atom. The van der Waals surface area contributed by atoms with Crippen molar-refractivity contribution >= 4 is 5.97 Å². The van der Waals surface area contributed by atoms with Crippen LogP contribution in [0.3, 0.4) is 0 Å². The van der Waals surface area contributed by atoms with E-state index < -0.39 is 17.7 Å². The minimum atomic E-state index is -4.47. The Hall–Kier alpha value is -1.72. The Morgan fingerprint density at radius 2 is 1.94 bits per heavy atom. The number of halogens is 3. The van der Waals surface area contributed by atoms with Gasteiger partial charge in [0.25, 0.3) is 0 Å². The van der Waals surface area contributed by atoms with Crippen molar-refractivity contribution < 1.29 is 27.8 Å². The molecule has 0 spiro atoms. The van der Waals surface area contributed by atoms with Crippen molar-refractivity contribution in [2.24, 2.45) is 0 Å². The lowest BCUT2D eigenvalue weighted by atomic mass is 10.2. The average molecular weight is 248 g/mol. The molecule has 17 heavy (non-hydrogen) atoms. The van der Waals surface area contributed by atoms with Crippen LogP contribution in [0.15, 0.2) is 24.3 Å². The second kappa shape index (κ2) is 5.56. The molecule has 0 aliphatic carbocycles. The van der Waals surface area contributed by atoms with E-state index in [2.05, 4.69) is 0 Å². The number of carboxylic acids is 1. The summed E-state index contributed by atoms with van der Waals surface area (Å²) in [7, 11) is 0. The van der Waals surface area contributed by atoms with Gasteiger partial charge >= 0.3 is 12.1 Å². The van der Waals surface area contributed by atoms with E-state index in [-0.39, 0.29) is 25.2 Å². The van der Waals surface area contributed by atoms with E-state index in [0.717, 1.165) is 6.07 Å². The maximum atomic E-state index is 12.5. The van der Waals surface area contributed by atoms with Crippen LogP contribution in [-0.2, 0) is 11.0 Å². The highest BCUT2D eigenvalue weighted by Crippen LogP contribution is 2.35. The molecule has 0 aliphatic rings. The summed E-state index contributed by atoms with van der Waals surface area (Å²) in [5.41, 5.74) is -0.852. The van der Waals surface area contributed by atoms with E-state index in [1.807, 2.05) is 0 Å². The van der Waals surface area contributed by atoms with Crippen molar-refractivity contribution in [3.8, 4) is 5.75 Å². The summed E-state index contributed by atoms with van der Waals surface area (Å²) >= 11 is 0. The Bertz CT molecular complexity index is 388. The van der Waals surface area contributed by atoms with Crippen LogP contribution < -0.4 is 4.74 Å². The van der Waals surface area contributed by atoms with Crippen LogP contribution in [-0.4, -0.2) is 17.7 Å². The fourth-order valence-corrected chi connectivity index (χ4v) is 1.23. The zero-order chi connectivity index (χ0) is 12.9. The molecule has 0 saturated heterocycles. The number of ether oxygens (including phenoxy) is 1. The molecular weight excluding hydrogens is 237 g/mol. The first-order valence-corrected chi connectivity index (χ1v) is 4.92. The zero-order valence-corrected chi connectivity index (χ0v) is 8.83. The third kappa shape index (κ3) is 4.34. The van der Waals surface area contributed by atoms with Crippen molar-refractivity contribution in [1.29, 1.82) is 0 Å². The van der Waals surface area contributed by atoms with Crippen LogP contribution in [0.5, 0.6) is 5.75 Å². The molecule has 3 nitrogen and oxygen atoms in total. The number of hydrogen-bond donors (Lipinski definition) is 1. The number of alkyl halides is 3. The van der Waals surface area contributed by atoms with E-state index in [4.69, 9.17) is 9.84 Å². The highest BCUT2D eigenvalue weighted by molar-refractivity contribution is 5.66. The lowest BCUT2D eigenvalue weighted by molar-refractivity contribution is -0.140. The van der Waals surface area contributed by atoms with Crippen LogP contribution in [0.2, 0.25) is 0 Å². The lowest BCUT2D eigenvalue weighted by Gasteiger charge is -2.13. The fourth-order valence-electron chi connectivity index (χ4n) is 1.23. The summed E-state index contributed by atoms with van der Waals surface area (Å²) in [6.45, 7) is -0.0562. The molecule has 6 heteroatoms. The third-order valence-corrected chi connectivity index (χ3v) is 1.99. The Morgan fingerprint density at radius 3 is 2.53 bits per heavy atom. The van der Waals surface area contributed by atoms with Gasteiger partial charge in [-0.1, -0.05) is 12.1 Å². The first kappa shape index (κ1) is 13.3. The van der Waals surface area contributed by atoms with Crippen molar-refractivity contribution in [2.45, 2.75) is 19.0 Å². The molecule has 0 fully saturated rings. The van der Waals surface area contributed by atoms with Crippen molar-refractivity contribution in [3.05, 3.63) is 29.8 Å². The predicted molar refractivity (Wildman–Crippen MR) is 53.8 cm³/mol. The Balaban J connectivity index is 2.62. The normalized spacial score (nSPS) is 11.2. The van der Waals surface area contributed by atoms with Crippen molar-refractivity contribution in [1.82, 2.24) is 0 Å². The summed E-state index contributed by atoms with van der Waals surface area (Å²) < 4.78 is 42.5. The van der Waals surface area contributed by atoms with Crippen LogP contribution in [0.1, 0.15) is 18.4 Å². The summed E-state index contributed by atoms with van der Waals surface area (Å²) in [4.78, 5) is 10.2. The molecule has 0 radical (unpaired) electrons. The molecular formula is C11H11F3O3. The van der Waals surface area contributed by atoms with E-state index in [0.29, 0.717) is 0 Å². The van der Waals surface area contributed by atoms with Gasteiger partial charge in [-0.05, 0) is 18.6 Å². The highest BCUT2D eigenvalue weighted by Gasteiger charge is 2.33. The molecule has 0 bridgehead atoms. The van der Waals surface area contributed by atoms with E-state index >= 15 is 0 Å². The fraction of sp³-hybridized carbons (Fsp3) is 0.364.